The van der Waals surface area contributed by atoms with Crippen LogP contribution in [0.3, 0.4) is 0 Å². The smallest absolute Gasteiger partial charge is 0.308 e. The van der Waals surface area contributed by atoms with Crippen LogP contribution >= 0.6 is 0 Å². The van der Waals surface area contributed by atoms with Gasteiger partial charge in [0.2, 0.25) is 5.91 Å². The summed E-state index contributed by atoms with van der Waals surface area (Å²) in [7, 11) is 1.51. The minimum Gasteiger partial charge on any atom is -0.493 e. The number of benzene rings is 2. The van der Waals surface area contributed by atoms with E-state index in [1.807, 2.05) is 13.0 Å². The predicted octanol–water partition coefficient (Wildman–Crippen LogP) is 3.33. The number of esters is 1. The molecule has 1 atom stereocenters. The highest BCUT2D eigenvalue weighted by Crippen LogP contribution is 2.28. The summed E-state index contributed by atoms with van der Waals surface area (Å²) in [4.78, 5) is 34.8. The number of amides is 2. The third kappa shape index (κ3) is 6.64. The fourth-order valence-electron chi connectivity index (χ4n) is 2.84. The van der Waals surface area contributed by atoms with Crippen LogP contribution in [0.15, 0.2) is 42.5 Å². The van der Waals surface area contributed by atoms with E-state index in [0.717, 1.165) is 12.0 Å². The number of carbonyl (C=O) groups is 3. The summed E-state index contributed by atoms with van der Waals surface area (Å²) in [6.07, 6.45) is 1.34. The molecule has 2 rings (SSSR count). The first-order valence-corrected chi connectivity index (χ1v) is 9.36. The Labute approximate surface area is 170 Å². The lowest BCUT2D eigenvalue weighted by molar-refractivity contribution is -0.132. The van der Waals surface area contributed by atoms with Crippen LogP contribution in [0.25, 0.3) is 0 Å². The average Bonchev–Trinajstić information content (AvgIpc) is 2.68. The molecule has 0 aliphatic rings. The standard InChI is InChI=1S/C22H26N2O5/c1-5-18(12-16-6-11-20(29-15(3)26)21(13-16)28-4)24-22(27)17-7-9-19(10-8-17)23-14(2)25/h6-11,13,18H,5,12H2,1-4H3,(H,23,25)(H,24,27). The molecule has 0 saturated heterocycles. The number of carbonyl (C=O) groups excluding carboxylic acids is 3. The second-order valence-corrected chi connectivity index (χ2v) is 6.62. The maximum absolute atomic E-state index is 12.6. The molecule has 1 unspecified atom stereocenters. The lowest BCUT2D eigenvalue weighted by Crippen LogP contribution is -2.36. The molecule has 0 aliphatic carbocycles. The Hall–Kier alpha value is -3.35. The van der Waals surface area contributed by atoms with Gasteiger partial charge in [0.25, 0.3) is 5.91 Å². The number of hydrogen-bond acceptors (Lipinski definition) is 5. The zero-order valence-corrected chi connectivity index (χ0v) is 17.1. The summed E-state index contributed by atoms with van der Waals surface area (Å²) in [5.74, 6) is 0.0601. The molecule has 7 heteroatoms. The molecule has 29 heavy (non-hydrogen) atoms. The van der Waals surface area contributed by atoms with Crippen molar-refractivity contribution in [2.24, 2.45) is 0 Å². The summed E-state index contributed by atoms with van der Waals surface area (Å²) in [5.41, 5.74) is 2.10. The van der Waals surface area contributed by atoms with Crippen molar-refractivity contribution < 1.29 is 23.9 Å². The Balaban J connectivity index is 2.05. The third-order valence-electron chi connectivity index (χ3n) is 4.26. The quantitative estimate of drug-likeness (QED) is 0.525. The number of nitrogens with one attached hydrogen (secondary N) is 2. The maximum atomic E-state index is 12.6. The average molecular weight is 398 g/mol. The van der Waals surface area contributed by atoms with Gasteiger partial charge in [-0.15, -0.1) is 0 Å². The van der Waals surface area contributed by atoms with E-state index in [1.54, 1.807) is 36.4 Å². The Morgan fingerprint density at radius 2 is 1.69 bits per heavy atom. The van der Waals surface area contributed by atoms with Crippen molar-refractivity contribution >= 4 is 23.5 Å². The van der Waals surface area contributed by atoms with E-state index in [4.69, 9.17) is 9.47 Å². The molecule has 7 nitrogen and oxygen atoms in total. The zero-order chi connectivity index (χ0) is 21.4. The number of ether oxygens (including phenoxy) is 2. The maximum Gasteiger partial charge on any atom is 0.308 e. The highest BCUT2D eigenvalue weighted by atomic mass is 16.6. The van der Waals surface area contributed by atoms with Crippen molar-refractivity contribution in [3.8, 4) is 11.5 Å². The predicted molar refractivity (Wildman–Crippen MR) is 110 cm³/mol. The molecule has 2 amide bonds. The van der Waals surface area contributed by atoms with E-state index >= 15 is 0 Å². The van der Waals surface area contributed by atoms with E-state index in [1.165, 1.54) is 21.0 Å². The van der Waals surface area contributed by atoms with Crippen LogP contribution in [-0.2, 0) is 16.0 Å². The molecule has 2 aromatic carbocycles. The molecule has 0 heterocycles. The molecule has 0 fully saturated rings. The van der Waals surface area contributed by atoms with Crippen molar-refractivity contribution in [3.05, 3.63) is 53.6 Å². The Kier molecular flexibility index (Phi) is 7.77. The van der Waals surface area contributed by atoms with Gasteiger partial charge < -0.3 is 20.1 Å². The molecule has 2 aromatic rings. The molecule has 154 valence electrons. The molecule has 0 spiro atoms. The van der Waals surface area contributed by atoms with Gasteiger partial charge in [-0.05, 0) is 54.8 Å². The summed E-state index contributed by atoms with van der Waals surface area (Å²) in [6.45, 7) is 4.76. The number of anilines is 1. The molecule has 0 aromatic heterocycles. The van der Waals surface area contributed by atoms with Crippen molar-refractivity contribution in [2.75, 3.05) is 12.4 Å². The van der Waals surface area contributed by atoms with Crippen LogP contribution in [0.4, 0.5) is 5.69 Å². The Bertz CT molecular complexity index is 877. The first-order valence-electron chi connectivity index (χ1n) is 9.36. The highest BCUT2D eigenvalue weighted by Gasteiger charge is 2.15. The number of rotatable bonds is 8. The van der Waals surface area contributed by atoms with E-state index in [2.05, 4.69) is 10.6 Å². The van der Waals surface area contributed by atoms with Crippen molar-refractivity contribution in [2.45, 2.75) is 39.7 Å². The van der Waals surface area contributed by atoms with Crippen LogP contribution in [0.1, 0.15) is 43.1 Å². The molecule has 0 bridgehead atoms. The van der Waals surface area contributed by atoms with Gasteiger partial charge in [-0.2, -0.15) is 0 Å². The van der Waals surface area contributed by atoms with Crippen LogP contribution < -0.4 is 20.1 Å². The normalized spacial score (nSPS) is 11.3. The molecular formula is C22H26N2O5. The first-order chi connectivity index (χ1) is 13.8. The monoisotopic (exact) mass is 398 g/mol. The molecule has 2 N–H and O–H groups in total. The van der Waals surface area contributed by atoms with Crippen LogP contribution in [0, 0.1) is 0 Å². The Morgan fingerprint density at radius 3 is 2.24 bits per heavy atom. The first kappa shape index (κ1) is 21.9. The van der Waals surface area contributed by atoms with Crippen LogP contribution in [-0.4, -0.2) is 30.9 Å². The van der Waals surface area contributed by atoms with E-state index in [0.29, 0.717) is 29.2 Å². The number of hydrogen-bond donors (Lipinski definition) is 2. The SMILES string of the molecule is CCC(Cc1ccc(OC(C)=O)c(OC)c1)NC(=O)c1ccc(NC(C)=O)cc1. The summed E-state index contributed by atoms with van der Waals surface area (Å²) in [6, 6.07) is 12.0. The van der Waals surface area contributed by atoms with Gasteiger partial charge in [0.15, 0.2) is 11.5 Å². The Morgan fingerprint density at radius 1 is 1.00 bits per heavy atom. The number of methoxy groups -OCH3 is 1. The van der Waals surface area contributed by atoms with Gasteiger partial charge in [0.1, 0.15) is 0 Å². The van der Waals surface area contributed by atoms with Gasteiger partial charge in [0.05, 0.1) is 7.11 Å². The van der Waals surface area contributed by atoms with Crippen molar-refractivity contribution in [1.29, 1.82) is 0 Å². The van der Waals surface area contributed by atoms with Crippen LogP contribution in [0.2, 0.25) is 0 Å². The van der Waals surface area contributed by atoms with Gasteiger partial charge in [0, 0.05) is 31.1 Å². The van der Waals surface area contributed by atoms with E-state index < -0.39 is 5.97 Å². The molecular weight excluding hydrogens is 372 g/mol. The minimum absolute atomic E-state index is 0.0817. The van der Waals surface area contributed by atoms with Gasteiger partial charge in [-0.1, -0.05) is 13.0 Å². The fraction of sp³-hybridized carbons (Fsp3) is 0.318. The molecule has 0 saturated carbocycles. The lowest BCUT2D eigenvalue weighted by atomic mass is 10.0. The summed E-state index contributed by atoms with van der Waals surface area (Å²) < 4.78 is 10.4. The van der Waals surface area contributed by atoms with Gasteiger partial charge in [-0.25, -0.2) is 0 Å². The second-order valence-electron chi connectivity index (χ2n) is 6.62. The zero-order valence-electron chi connectivity index (χ0n) is 17.1. The largest absolute Gasteiger partial charge is 0.493 e. The summed E-state index contributed by atoms with van der Waals surface area (Å²) in [5, 5.41) is 5.69. The van der Waals surface area contributed by atoms with E-state index in [-0.39, 0.29) is 17.9 Å². The van der Waals surface area contributed by atoms with E-state index in [9.17, 15) is 14.4 Å². The lowest BCUT2D eigenvalue weighted by Gasteiger charge is -2.18. The third-order valence-corrected chi connectivity index (χ3v) is 4.26. The minimum atomic E-state index is -0.417. The van der Waals surface area contributed by atoms with Crippen molar-refractivity contribution in [1.82, 2.24) is 5.32 Å². The summed E-state index contributed by atoms with van der Waals surface area (Å²) >= 11 is 0. The highest BCUT2D eigenvalue weighted by molar-refractivity contribution is 5.95. The second kappa shape index (κ2) is 10.3. The van der Waals surface area contributed by atoms with Gasteiger partial charge in [-0.3, -0.25) is 14.4 Å². The topological polar surface area (TPSA) is 93.7 Å². The molecule has 0 aliphatic heterocycles. The van der Waals surface area contributed by atoms with Crippen molar-refractivity contribution in [3.63, 3.8) is 0 Å². The molecule has 0 radical (unpaired) electrons. The fourth-order valence-corrected chi connectivity index (χ4v) is 2.84. The van der Waals surface area contributed by atoms with Gasteiger partial charge >= 0.3 is 5.97 Å². The van der Waals surface area contributed by atoms with Crippen LogP contribution in [0.5, 0.6) is 11.5 Å².